The van der Waals surface area contributed by atoms with E-state index in [0.29, 0.717) is 17.7 Å². The molecule has 0 spiro atoms. The topological polar surface area (TPSA) is 84.9 Å². The second-order valence-electron chi connectivity index (χ2n) is 8.27. The van der Waals surface area contributed by atoms with Crippen LogP contribution in [0.5, 0.6) is 0 Å². The number of amides is 1. The van der Waals surface area contributed by atoms with E-state index in [1.54, 1.807) is 42.5 Å². The van der Waals surface area contributed by atoms with Gasteiger partial charge in [-0.05, 0) is 50.1 Å². The number of alkyl carbamates (subject to hydrolysis) is 1. The van der Waals surface area contributed by atoms with Crippen molar-refractivity contribution in [1.29, 1.82) is 0 Å². The smallest absolute Gasteiger partial charge is 0.407 e. The number of nitrogens with one attached hydrogen (secondary N) is 1. The summed E-state index contributed by atoms with van der Waals surface area (Å²) in [5, 5.41) is 14.2. The first kappa shape index (κ1) is 23.5. The molecule has 1 atom stereocenters. The lowest BCUT2D eigenvalue weighted by Gasteiger charge is -2.26. The molecule has 0 fully saturated rings. The van der Waals surface area contributed by atoms with Gasteiger partial charge < -0.3 is 19.9 Å². The third-order valence-corrected chi connectivity index (χ3v) is 5.84. The molecule has 0 saturated carbocycles. The normalized spacial score (nSPS) is 13.2. The minimum atomic E-state index is -1.93. The van der Waals surface area contributed by atoms with Gasteiger partial charge in [-0.1, -0.05) is 48.5 Å². The zero-order valence-corrected chi connectivity index (χ0v) is 19.4. The molecule has 0 aliphatic carbocycles. The molecule has 2 aromatic carbocycles. The van der Waals surface area contributed by atoms with Crippen molar-refractivity contribution in [3.63, 3.8) is 0 Å². The highest BCUT2D eigenvalue weighted by Crippen LogP contribution is 2.35. The van der Waals surface area contributed by atoms with Gasteiger partial charge in [0, 0.05) is 15.3 Å². The Labute approximate surface area is 191 Å². The molecule has 7 heteroatoms. The number of esters is 1. The lowest BCUT2D eigenvalue weighted by atomic mass is 9.85. The highest BCUT2D eigenvalue weighted by molar-refractivity contribution is 7.15. The molecule has 2 N–H and O–H groups in total. The van der Waals surface area contributed by atoms with Crippen LogP contribution in [-0.4, -0.2) is 29.9 Å². The predicted octanol–water partition coefficient (Wildman–Crippen LogP) is 4.85. The van der Waals surface area contributed by atoms with Crippen LogP contribution in [0.1, 0.15) is 36.8 Å². The Morgan fingerprint density at radius 1 is 0.969 bits per heavy atom. The molecule has 1 amide bonds. The molecule has 0 aliphatic rings. The summed E-state index contributed by atoms with van der Waals surface area (Å²) in [6.45, 7) is 5.78. The number of ether oxygens (including phenoxy) is 2. The first-order valence-electron chi connectivity index (χ1n) is 10.2. The molecule has 168 valence electrons. The first-order chi connectivity index (χ1) is 15.1. The number of hydrogen-bond donors (Lipinski definition) is 2. The number of methoxy groups -OCH3 is 1. The van der Waals surface area contributed by atoms with Crippen molar-refractivity contribution < 1.29 is 24.2 Å². The van der Waals surface area contributed by atoms with Crippen molar-refractivity contribution in [3.05, 3.63) is 82.7 Å². The van der Waals surface area contributed by atoms with E-state index in [0.717, 1.165) is 15.3 Å². The van der Waals surface area contributed by atoms with E-state index in [9.17, 15) is 14.7 Å². The van der Waals surface area contributed by atoms with Gasteiger partial charge in [-0.3, -0.25) is 0 Å². The summed E-state index contributed by atoms with van der Waals surface area (Å²) in [4.78, 5) is 26.4. The Morgan fingerprint density at radius 2 is 1.66 bits per heavy atom. The molecule has 3 rings (SSSR count). The Hall–Kier alpha value is -3.16. The van der Waals surface area contributed by atoms with E-state index in [4.69, 9.17) is 9.47 Å². The van der Waals surface area contributed by atoms with Gasteiger partial charge in [0.25, 0.3) is 0 Å². The molecule has 3 aromatic rings. The molecule has 0 aliphatic heterocycles. The third-order valence-electron chi connectivity index (χ3n) is 4.70. The first-order valence-corrected chi connectivity index (χ1v) is 11.0. The maximum Gasteiger partial charge on any atom is 0.407 e. The minimum Gasteiger partial charge on any atom is -0.466 e. The second kappa shape index (κ2) is 9.54. The number of hydrogen-bond acceptors (Lipinski definition) is 6. The summed E-state index contributed by atoms with van der Waals surface area (Å²) in [7, 11) is 1.25. The monoisotopic (exact) mass is 453 g/mol. The average molecular weight is 454 g/mol. The molecule has 0 radical (unpaired) electrons. The van der Waals surface area contributed by atoms with Crippen molar-refractivity contribution >= 4 is 23.4 Å². The van der Waals surface area contributed by atoms with E-state index >= 15 is 0 Å². The van der Waals surface area contributed by atoms with Gasteiger partial charge >= 0.3 is 12.1 Å². The third kappa shape index (κ3) is 5.36. The lowest BCUT2D eigenvalue weighted by Crippen LogP contribution is -2.38. The molecule has 32 heavy (non-hydrogen) atoms. The maximum absolute atomic E-state index is 12.6. The van der Waals surface area contributed by atoms with E-state index in [1.165, 1.54) is 18.4 Å². The number of thiophene rings is 1. The SMILES string of the molecule is COC(=O)C(O)(c1ccccc1)c1cccc(-c2ccc(CNC(=O)OC(C)(C)C)s2)c1. The quantitative estimate of drug-likeness (QED) is 0.521. The minimum absolute atomic E-state index is 0.343. The van der Waals surface area contributed by atoms with Crippen LogP contribution in [-0.2, 0) is 26.4 Å². The largest absolute Gasteiger partial charge is 0.466 e. The van der Waals surface area contributed by atoms with Gasteiger partial charge in [0.05, 0.1) is 13.7 Å². The number of benzene rings is 2. The van der Waals surface area contributed by atoms with Crippen molar-refractivity contribution in [2.24, 2.45) is 0 Å². The summed E-state index contributed by atoms with van der Waals surface area (Å²) < 4.78 is 10.2. The van der Waals surface area contributed by atoms with Crippen LogP contribution in [0.4, 0.5) is 4.79 Å². The van der Waals surface area contributed by atoms with Crippen molar-refractivity contribution in [2.45, 2.75) is 38.5 Å². The van der Waals surface area contributed by atoms with Crippen LogP contribution in [0, 0.1) is 0 Å². The van der Waals surface area contributed by atoms with Crippen molar-refractivity contribution in [3.8, 4) is 10.4 Å². The molecule has 6 nitrogen and oxygen atoms in total. The molecule has 0 bridgehead atoms. The Morgan fingerprint density at radius 3 is 2.31 bits per heavy atom. The Bertz CT molecular complexity index is 1090. The standard InChI is InChI=1S/C25H27NO5S/c1-24(2,3)31-23(28)26-16-20-13-14-21(32-20)17-9-8-12-19(15-17)25(29,22(27)30-4)18-10-6-5-7-11-18/h5-15,29H,16H2,1-4H3,(H,26,28). The van der Waals surface area contributed by atoms with E-state index in [1.807, 2.05) is 45.0 Å². The highest BCUT2D eigenvalue weighted by Gasteiger charge is 2.41. The van der Waals surface area contributed by atoms with Crippen LogP contribution >= 0.6 is 11.3 Å². The van der Waals surface area contributed by atoms with E-state index in [-0.39, 0.29) is 0 Å². The van der Waals surface area contributed by atoms with E-state index < -0.39 is 23.3 Å². The maximum atomic E-state index is 12.6. The summed E-state index contributed by atoms with van der Waals surface area (Å²) in [5.41, 5.74) is -0.799. The molecule has 0 saturated heterocycles. The van der Waals surface area contributed by atoms with Gasteiger partial charge in [0.2, 0.25) is 5.60 Å². The van der Waals surface area contributed by atoms with Gasteiger partial charge in [-0.25, -0.2) is 9.59 Å². The van der Waals surface area contributed by atoms with Crippen LogP contribution in [0.2, 0.25) is 0 Å². The number of rotatable bonds is 6. The van der Waals surface area contributed by atoms with Gasteiger partial charge in [0.15, 0.2) is 0 Å². The van der Waals surface area contributed by atoms with Gasteiger partial charge in [-0.15, -0.1) is 11.3 Å². The van der Waals surface area contributed by atoms with Gasteiger partial charge in [-0.2, -0.15) is 0 Å². The summed E-state index contributed by atoms with van der Waals surface area (Å²) in [5.74, 6) is -0.755. The molecular formula is C25H27NO5S. The average Bonchev–Trinajstić information content (AvgIpc) is 3.25. The van der Waals surface area contributed by atoms with Crippen molar-refractivity contribution in [1.82, 2.24) is 5.32 Å². The molecule has 1 unspecified atom stereocenters. The second-order valence-corrected chi connectivity index (χ2v) is 9.44. The number of aliphatic hydroxyl groups is 1. The molecule has 1 heterocycles. The van der Waals surface area contributed by atoms with Gasteiger partial charge in [0.1, 0.15) is 5.60 Å². The fourth-order valence-corrected chi connectivity index (χ4v) is 4.17. The zero-order valence-electron chi connectivity index (χ0n) is 18.5. The summed E-state index contributed by atoms with van der Waals surface area (Å²) in [6, 6.07) is 19.8. The fourth-order valence-electron chi connectivity index (χ4n) is 3.23. The molecular weight excluding hydrogens is 426 g/mol. The van der Waals surface area contributed by atoms with Crippen LogP contribution < -0.4 is 5.32 Å². The Balaban J connectivity index is 1.85. The molecule has 1 aromatic heterocycles. The number of carbonyl (C=O) groups is 2. The predicted molar refractivity (Wildman–Crippen MR) is 124 cm³/mol. The van der Waals surface area contributed by atoms with Crippen molar-refractivity contribution in [2.75, 3.05) is 7.11 Å². The summed E-state index contributed by atoms with van der Waals surface area (Å²) in [6.07, 6.45) is -0.472. The zero-order chi connectivity index (χ0) is 23.4. The van der Waals surface area contributed by atoms with Crippen LogP contribution in [0.3, 0.4) is 0 Å². The summed E-state index contributed by atoms with van der Waals surface area (Å²) >= 11 is 1.51. The fraction of sp³-hybridized carbons (Fsp3) is 0.280. The Kier molecular flexibility index (Phi) is 7.01. The van der Waals surface area contributed by atoms with Crippen LogP contribution in [0.15, 0.2) is 66.7 Å². The van der Waals surface area contributed by atoms with Crippen LogP contribution in [0.25, 0.3) is 10.4 Å². The van der Waals surface area contributed by atoms with E-state index in [2.05, 4.69) is 5.32 Å². The lowest BCUT2D eigenvalue weighted by molar-refractivity contribution is -0.158. The highest BCUT2D eigenvalue weighted by atomic mass is 32.1. The number of carbonyl (C=O) groups excluding carboxylic acids is 2.